The molecule has 1 aliphatic carbocycles. The molecule has 0 saturated heterocycles. The lowest BCUT2D eigenvalue weighted by Gasteiger charge is -2.13. The summed E-state index contributed by atoms with van der Waals surface area (Å²) in [6.07, 6.45) is 4.18. The molecule has 1 atom stereocenters. The first-order valence-electron chi connectivity index (χ1n) is 6.36. The van der Waals surface area contributed by atoms with Gasteiger partial charge >= 0.3 is 0 Å². The molecule has 0 bridgehead atoms. The zero-order valence-electron chi connectivity index (χ0n) is 10.3. The van der Waals surface area contributed by atoms with E-state index in [0.29, 0.717) is 6.04 Å². The molecule has 1 aliphatic rings. The average Bonchev–Trinajstić information content (AvgIpc) is 3.08. The topological polar surface area (TPSA) is 21.3 Å². The zero-order chi connectivity index (χ0) is 12.1. The van der Waals surface area contributed by atoms with Gasteiger partial charge in [0.25, 0.3) is 0 Å². The molecule has 0 aliphatic heterocycles. The van der Waals surface area contributed by atoms with Crippen LogP contribution in [0.15, 0.2) is 28.7 Å². The second-order valence-electron chi connectivity index (χ2n) is 4.84. The SMILES string of the molecule is CC(CC1CC1)NCCOc1cccc(Br)c1. The van der Waals surface area contributed by atoms with Gasteiger partial charge in [-0.25, -0.2) is 0 Å². The van der Waals surface area contributed by atoms with E-state index in [4.69, 9.17) is 4.74 Å². The molecule has 0 spiro atoms. The van der Waals surface area contributed by atoms with Gasteiger partial charge in [-0.1, -0.05) is 34.8 Å². The van der Waals surface area contributed by atoms with Crippen molar-refractivity contribution in [2.45, 2.75) is 32.2 Å². The van der Waals surface area contributed by atoms with E-state index in [9.17, 15) is 0 Å². The van der Waals surface area contributed by atoms with Crippen LogP contribution in [-0.4, -0.2) is 19.2 Å². The molecule has 1 aromatic rings. The fraction of sp³-hybridized carbons (Fsp3) is 0.571. The van der Waals surface area contributed by atoms with Crippen LogP contribution in [0, 0.1) is 5.92 Å². The summed E-state index contributed by atoms with van der Waals surface area (Å²) in [6.45, 7) is 3.91. The van der Waals surface area contributed by atoms with E-state index in [1.165, 1.54) is 19.3 Å². The quantitative estimate of drug-likeness (QED) is 0.777. The molecule has 3 heteroatoms. The number of benzene rings is 1. The third-order valence-electron chi connectivity index (χ3n) is 3.04. The van der Waals surface area contributed by atoms with Crippen LogP contribution < -0.4 is 10.1 Å². The summed E-state index contributed by atoms with van der Waals surface area (Å²) in [7, 11) is 0. The van der Waals surface area contributed by atoms with Gasteiger partial charge in [-0.3, -0.25) is 0 Å². The molecule has 0 aromatic heterocycles. The van der Waals surface area contributed by atoms with Crippen molar-refractivity contribution in [1.82, 2.24) is 5.32 Å². The van der Waals surface area contributed by atoms with Crippen LogP contribution >= 0.6 is 15.9 Å². The standard InChI is InChI=1S/C14H20BrNO/c1-11(9-12-5-6-12)16-7-8-17-14-4-2-3-13(15)10-14/h2-4,10-12,16H,5-9H2,1H3. The summed E-state index contributed by atoms with van der Waals surface area (Å²) in [4.78, 5) is 0. The summed E-state index contributed by atoms with van der Waals surface area (Å²) >= 11 is 3.43. The molecule has 2 rings (SSSR count). The van der Waals surface area contributed by atoms with Gasteiger partial charge in [0, 0.05) is 17.1 Å². The average molecular weight is 298 g/mol. The maximum absolute atomic E-state index is 5.67. The predicted molar refractivity (Wildman–Crippen MR) is 74.4 cm³/mol. The van der Waals surface area contributed by atoms with Crippen molar-refractivity contribution in [2.24, 2.45) is 5.92 Å². The molecule has 0 heterocycles. The Balaban J connectivity index is 1.59. The highest BCUT2D eigenvalue weighted by Crippen LogP contribution is 2.33. The highest BCUT2D eigenvalue weighted by molar-refractivity contribution is 9.10. The maximum Gasteiger partial charge on any atom is 0.120 e. The number of halogens is 1. The zero-order valence-corrected chi connectivity index (χ0v) is 11.9. The number of hydrogen-bond donors (Lipinski definition) is 1. The van der Waals surface area contributed by atoms with Crippen LogP contribution in [0.3, 0.4) is 0 Å². The second kappa shape index (κ2) is 6.41. The lowest BCUT2D eigenvalue weighted by Crippen LogP contribution is -2.30. The Bertz CT molecular complexity index is 352. The van der Waals surface area contributed by atoms with E-state index in [1.807, 2.05) is 24.3 Å². The van der Waals surface area contributed by atoms with Gasteiger partial charge < -0.3 is 10.1 Å². The molecule has 1 aromatic carbocycles. The van der Waals surface area contributed by atoms with E-state index in [2.05, 4.69) is 28.2 Å². The first-order chi connectivity index (χ1) is 8.24. The smallest absolute Gasteiger partial charge is 0.120 e. The Kier molecular flexibility index (Phi) is 4.86. The van der Waals surface area contributed by atoms with Crippen LogP contribution in [-0.2, 0) is 0 Å². The van der Waals surface area contributed by atoms with Crippen molar-refractivity contribution in [3.63, 3.8) is 0 Å². The van der Waals surface area contributed by atoms with E-state index in [0.717, 1.165) is 29.3 Å². The highest BCUT2D eigenvalue weighted by atomic mass is 79.9. The van der Waals surface area contributed by atoms with Gasteiger partial charge in [0.2, 0.25) is 0 Å². The molecule has 1 saturated carbocycles. The molecule has 1 unspecified atom stereocenters. The van der Waals surface area contributed by atoms with Crippen LogP contribution in [0.5, 0.6) is 5.75 Å². The van der Waals surface area contributed by atoms with Gasteiger partial charge in [0.05, 0.1) is 0 Å². The lowest BCUT2D eigenvalue weighted by molar-refractivity contribution is 0.303. The minimum atomic E-state index is 0.619. The number of hydrogen-bond acceptors (Lipinski definition) is 2. The van der Waals surface area contributed by atoms with Gasteiger partial charge in [0.1, 0.15) is 12.4 Å². The molecule has 0 amide bonds. The van der Waals surface area contributed by atoms with Crippen LogP contribution in [0.25, 0.3) is 0 Å². The van der Waals surface area contributed by atoms with Crippen molar-refractivity contribution in [3.8, 4) is 5.75 Å². The van der Waals surface area contributed by atoms with Crippen molar-refractivity contribution in [1.29, 1.82) is 0 Å². The Hall–Kier alpha value is -0.540. The van der Waals surface area contributed by atoms with E-state index >= 15 is 0 Å². The first-order valence-corrected chi connectivity index (χ1v) is 7.15. The van der Waals surface area contributed by atoms with Crippen LogP contribution in [0.4, 0.5) is 0 Å². The molecule has 2 nitrogen and oxygen atoms in total. The minimum Gasteiger partial charge on any atom is -0.492 e. The summed E-state index contributed by atoms with van der Waals surface area (Å²) in [5, 5.41) is 3.50. The van der Waals surface area contributed by atoms with Gasteiger partial charge in [-0.15, -0.1) is 0 Å². The minimum absolute atomic E-state index is 0.619. The van der Waals surface area contributed by atoms with Gasteiger partial charge in [-0.2, -0.15) is 0 Å². The maximum atomic E-state index is 5.67. The van der Waals surface area contributed by atoms with E-state index in [1.54, 1.807) is 0 Å². The van der Waals surface area contributed by atoms with Gasteiger partial charge in [-0.05, 0) is 37.5 Å². The molecule has 17 heavy (non-hydrogen) atoms. The summed E-state index contributed by atoms with van der Waals surface area (Å²) in [5.74, 6) is 1.92. The number of rotatable bonds is 7. The second-order valence-corrected chi connectivity index (χ2v) is 5.76. The third-order valence-corrected chi connectivity index (χ3v) is 3.54. The normalized spacial score (nSPS) is 16.8. The lowest BCUT2D eigenvalue weighted by atomic mass is 10.2. The van der Waals surface area contributed by atoms with E-state index in [-0.39, 0.29) is 0 Å². The fourth-order valence-electron chi connectivity index (χ4n) is 1.97. The number of nitrogens with one attached hydrogen (secondary N) is 1. The first kappa shape index (κ1) is 12.9. The molecule has 1 N–H and O–H groups in total. The summed E-state index contributed by atoms with van der Waals surface area (Å²) in [6, 6.07) is 8.59. The van der Waals surface area contributed by atoms with Crippen LogP contribution in [0.1, 0.15) is 26.2 Å². The molecule has 1 fully saturated rings. The van der Waals surface area contributed by atoms with Crippen molar-refractivity contribution in [3.05, 3.63) is 28.7 Å². The molecular formula is C14H20BrNO. The Labute approximate surface area is 112 Å². The molecule has 94 valence electrons. The van der Waals surface area contributed by atoms with Crippen molar-refractivity contribution < 1.29 is 4.74 Å². The van der Waals surface area contributed by atoms with Crippen molar-refractivity contribution >= 4 is 15.9 Å². The van der Waals surface area contributed by atoms with Crippen molar-refractivity contribution in [2.75, 3.05) is 13.2 Å². The number of ether oxygens (including phenoxy) is 1. The summed E-state index contributed by atoms with van der Waals surface area (Å²) < 4.78 is 6.73. The molecular weight excluding hydrogens is 278 g/mol. The molecule has 0 radical (unpaired) electrons. The van der Waals surface area contributed by atoms with Crippen LogP contribution in [0.2, 0.25) is 0 Å². The Morgan fingerprint density at radius 3 is 3.00 bits per heavy atom. The van der Waals surface area contributed by atoms with E-state index < -0.39 is 0 Å². The summed E-state index contributed by atoms with van der Waals surface area (Å²) in [5.41, 5.74) is 0. The highest BCUT2D eigenvalue weighted by Gasteiger charge is 2.23. The third kappa shape index (κ3) is 5.09. The Morgan fingerprint density at radius 1 is 1.47 bits per heavy atom. The monoisotopic (exact) mass is 297 g/mol. The van der Waals surface area contributed by atoms with Gasteiger partial charge in [0.15, 0.2) is 0 Å². The predicted octanol–water partition coefficient (Wildman–Crippen LogP) is 3.61. The largest absolute Gasteiger partial charge is 0.492 e. The Morgan fingerprint density at radius 2 is 2.29 bits per heavy atom. The fourth-order valence-corrected chi connectivity index (χ4v) is 2.35.